The molecule has 0 aliphatic carbocycles. The third-order valence-electron chi connectivity index (χ3n) is 9.49. The van der Waals surface area contributed by atoms with Crippen LogP contribution < -0.4 is 19.5 Å². The van der Waals surface area contributed by atoms with Crippen molar-refractivity contribution in [1.82, 2.24) is 5.32 Å². The first-order valence-electron chi connectivity index (χ1n) is 19.6. The number of amides is 1. The molecule has 0 bridgehead atoms. The van der Waals surface area contributed by atoms with Crippen molar-refractivity contribution in [2.45, 2.75) is 92.2 Å². The Morgan fingerprint density at radius 2 is 1.33 bits per heavy atom. The minimum Gasteiger partial charge on any atom is -0.497 e. The number of hydrogen-bond donors (Lipinski definition) is 1. The predicted octanol–water partition coefficient (Wildman–Crippen LogP) is 5.50. The zero-order chi connectivity index (χ0) is 46.0. The van der Waals surface area contributed by atoms with Crippen LogP contribution >= 0.6 is 34.8 Å². The number of alkyl halides is 3. The Kier molecular flexibility index (Phi) is 16.8. The van der Waals surface area contributed by atoms with Gasteiger partial charge in [0.2, 0.25) is 10.1 Å². The van der Waals surface area contributed by atoms with Gasteiger partial charge in [0.05, 0.1) is 13.7 Å². The molecule has 0 radical (unpaired) electrons. The molecule has 6 rings (SSSR count). The number of methoxy groups -OCH3 is 1. The zero-order valence-corrected chi connectivity index (χ0v) is 36.8. The van der Waals surface area contributed by atoms with Crippen LogP contribution in [0.4, 0.5) is 9.59 Å². The minimum atomic E-state index is -2.05. The van der Waals surface area contributed by atoms with E-state index < -0.39 is 115 Å². The van der Waals surface area contributed by atoms with Gasteiger partial charge in [0.15, 0.2) is 37.0 Å². The van der Waals surface area contributed by atoms with Gasteiger partial charge >= 0.3 is 30.2 Å². The Morgan fingerprint density at radius 3 is 1.95 bits per heavy atom. The molecule has 0 aromatic heterocycles. The average molecular weight is 957 g/mol. The molecule has 3 fully saturated rings. The maximum atomic E-state index is 13.8. The van der Waals surface area contributed by atoms with E-state index in [9.17, 15) is 24.0 Å². The summed E-state index contributed by atoms with van der Waals surface area (Å²) < 4.78 is 75.0. The Bertz CT molecular complexity index is 2040. The van der Waals surface area contributed by atoms with Gasteiger partial charge < -0.3 is 66.9 Å². The number of rotatable bonds is 14. The lowest BCUT2D eigenvalue weighted by atomic mass is 9.94. The van der Waals surface area contributed by atoms with Gasteiger partial charge in [-0.3, -0.25) is 14.4 Å². The molecule has 346 valence electrons. The fraction of sp³-hybridized carbons (Fsp3) is 0.452. The standard InChI is InChI=1S/C42H44Cl3NO18/c1-22(47)53-19-29-32(56-23(2)48)34(57-24(3)49)31(46-40(50)55-21-42(43,44)45)38(60-29)63-36-35(64-41(51)59-27-13-9-6-10-14-27)33-30(20-54-37(62-33)25-11-7-5-8-12-25)61-39(36)58-28-17-15-26(52-4)16-18-28/h5-18,29-39H,19-21H2,1-4H3,(H,46,50)/t29?,30?,31?,32-,33+,34?,35+,36?,37?,38+,39-/m1/s1. The van der Waals surface area contributed by atoms with E-state index in [1.54, 1.807) is 72.8 Å². The summed E-state index contributed by atoms with van der Waals surface area (Å²) in [7, 11) is 1.48. The molecule has 3 aromatic carbocycles. The fourth-order valence-corrected chi connectivity index (χ4v) is 7.02. The van der Waals surface area contributed by atoms with Gasteiger partial charge in [0.25, 0.3) is 0 Å². The molecule has 3 heterocycles. The molecule has 19 nitrogen and oxygen atoms in total. The third kappa shape index (κ3) is 13.5. The van der Waals surface area contributed by atoms with Crippen molar-refractivity contribution in [1.29, 1.82) is 0 Å². The van der Waals surface area contributed by atoms with E-state index in [1.165, 1.54) is 19.2 Å². The number of benzene rings is 3. The summed E-state index contributed by atoms with van der Waals surface area (Å²) in [5, 5.41) is 2.48. The van der Waals surface area contributed by atoms with Gasteiger partial charge in [-0.25, -0.2) is 9.59 Å². The van der Waals surface area contributed by atoms with Crippen LogP contribution in [0.5, 0.6) is 17.2 Å². The zero-order valence-electron chi connectivity index (χ0n) is 34.5. The predicted molar refractivity (Wildman–Crippen MR) is 219 cm³/mol. The van der Waals surface area contributed by atoms with E-state index in [4.69, 9.17) is 96.4 Å². The van der Waals surface area contributed by atoms with E-state index >= 15 is 0 Å². The number of para-hydroxylation sites is 1. The highest BCUT2D eigenvalue weighted by Crippen LogP contribution is 2.40. The highest BCUT2D eigenvalue weighted by molar-refractivity contribution is 6.67. The lowest BCUT2D eigenvalue weighted by Crippen LogP contribution is -2.70. The normalized spacial score (nSPS) is 27.6. The van der Waals surface area contributed by atoms with Crippen LogP contribution in [0.25, 0.3) is 0 Å². The molecule has 3 aliphatic rings. The lowest BCUT2D eigenvalue weighted by Gasteiger charge is -2.50. The van der Waals surface area contributed by atoms with E-state index in [0.717, 1.165) is 20.8 Å². The number of alkyl carbamates (subject to hydrolysis) is 1. The number of carbonyl (C=O) groups is 5. The van der Waals surface area contributed by atoms with Crippen molar-refractivity contribution in [3.05, 3.63) is 90.5 Å². The molecule has 1 N–H and O–H groups in total. The number of hydrogen-bond acceptors (Lipinski definition) is 18. The summed E-state index contributed by atoms with van der Waals surface area (Å²) in [6.07, 6.45) is -16.8. The molecule has 3 saturated heterocycles. The molecule has 64 heavy (non-hydrogen) atoms. The second-order valence-corrected chi connectivity index (χ2v) is 16.7. The van der Waals surface area contributed by atoms with Crippen molar-refractivity contribution in [2.24, 2.45) is 0 Å². The summed E-state index contributed by atoms with van der Waals surface area (Å²) in [5.74, 6) is -1.68. The maximum Gasteiger partial charge on any atom is 0.514 e. The monoisotopic (exact) mass is 955 g/mol. The van der Waals surface area contributed by atoms with Gasteiger partial charge in [0.1, 0.15) is 54.8 Å². The largest absolute Gasteiger partial charge is 0.514 e. The first-order chi connectivity index (χ1) is 30.6. The van der Waals surface area contributed by atoms with E-state index in [1.807, 2.05) is 0 Å². The second-order valence-electron chi connectivity index (χ2n) is 14.2. The van der Waals surface area contributed by atoms with Crippen LogP contribution in [0.15, 0.2) is 84.9 Å². The molecule has 3 aromatic rings. The molecule has 6 unspecified atom stereocenters. The van der Waals surface area contributed by atoms with Crippen LogP contribution in [0.3, 0.4) is 0 Å². The Morgan fingerprint density at radius 1 is 0.688 bits per heavy atom. The van der Waals surface area contributed by atoms with Gasteiger partial charge in [0, 0.05) is 26.3 Å². The van der Waals surface area contributed by atoms with Crippen LogP contribution in [0.1, 0.15) is 32.6 Å². The number of halogens is 3. The van der Waals surface area contributed by atoms with Crippen molar-refractivity contribution in [3.63, 3.8) is 0 Å². The molecule has 0 spiro atoms. The molecule has 11 atom stereocenters. The van der Waals surface area contributed by atoms with Crippen molar-refractivity contribution in [3.8, 4) is 17.2 Å². The van der Waals surface area contributed by atoms with Gasteiger partial charge in [-0.05, 0) is 36.4 Å². The first kappa shape index (κ1) is 48.3. The molecular weight excluding hydrogens is 913 g/mol. The number of fused-ring (bicyclic) bond motifs is 1. The van der Waals surface area contributed by atoms with Crippen molar-refractivity contribution < 1.29 is 85.6 Å². The molecule has 0 saturated carbocycles. The SMILES string of the molecule is COc1ccc(O[C@@H]2OC3COC(c4ccccc4)O[C@@H]3[C@H](OC(=O)Oc3ccccc3)C2O[C@@H]2OC(COC(C)=O)[C@@H](OC(C)=O)C(OC(C)=O)C2NC(=O)OCC(Cl)(Cl)Cl)cc1. The quantitative estimate of drug-likeness (QED) is 0.0913. The van der Waals surface area contributed by atoms with Gasteiger partial charge in [-0.2, -0.15) is 0 Å². The Labute approximate surface area is 381 Å². The Hall–Kier alpha value is -5.12. The number of nitrogens with one attached hydrogen (secondary N) is 1. The number of carbonyl (C=O) groups excluding carboxylic acids is 5. The highest BCUT2D eigenvalue weighted by Gasteiger charge is 2.58. The van der Waals surface area contributed by atoms with Crippen molar-refractivity contribution >= 4 is 65.0 Å². The van der Waals surface area contributed by atoms with E-state index in [2.05, 4.69) is 5.32 Å². The summed E-state index contributed by atoms with van der Waals surface area (Å²) in [6, 6.07) is 21.7. The maximum absolute atomic E-state index is 13.8. The van der Waals surface area contributed by atoms with E-state index in [0.29, 0.717) is 11.3 Å². The van der Waals surface area contributed by atoms with Crippen molar-refractivity contribution in [2.75, 3.05) is 26.9 Å². The molecular formula is C42H44Cl3NO18. The van der Waals surface area contributed by atoms with Crippen LogP contribution in [-0.2, 0) is 61.8 Å². The van der Waals surface area contributed by atoms with Gasteiger partial charge in [-0.1, -0.05) is 83.3 Å². The fourth-order valence-electron chi connectivity index (χ4n) is 6.86. The Balaban J connectivity index is 1.45. The number of ether oxygens (including phenoxy) is 13. The first-order valence-corrected chi connectivity index (χ1v) is 20.7. The van der Waals surface area contributed by atoms with Crippen LogP contribution in [-0.4, -0.2) is 122 Å². The summed E-state index contributed by atoms with van der Waals surface area (Å²) in [5.41, 5.74) is 0.614. The highest BCUT2D eigenvalue weighted by atomic mass is 35.6. The topological polar surface area (TPSA) is 217 Å². The van der Waals surface area contributed by atoms with Crippen LogP contribution in [0.2, 0.25) is 0 Å². The second kappa shape index (κ2) is 22.2. The number of esters is 3. The summed E-state index contributed by atoms with van der Waals surface area (Å²) >= 11 is 17.5. The van der Waals surface area contributed by atoms with E-state index in [-0.39, 0.29) is 18.1 Å². The average Bonchev–Trinajstić information content (AvgIpc) is 3.25. The molecule has 3 aliphatic heterocycles. The van der Waals surface area contributed by atoms with Gasteiger partial charge in [-0.15, -0.1) is 0 Å². The summed E-state index contributed by atoms with van der Waals surface area (Å²) in [4.78, 5) is 64.6. The lowest BCUT2D eigenvalue weighted by molar-refractivity contribution is -0.377. The summed E-state index contributed by atoms with van der Waals surface area (Å²) in [6.45, 7) is 1.80. The van der Waals surface area contributed by atoms with Crippen LogP contribution in [0, 0.1) is 0 Å². The molecule has 22 heteroatoms. The smallest absolute Gasteiger partial charge is 0.497 e. The minimum absolute atomic E-state index is 0.102. The third-order valence-corrected chi connectivity index (χ3v) is 9.82. The molecule has 1 amide bonds.